The number of rotatable bonds is 11. The van der Waals surface area contributed by atoms with E-state index in [2.05, 4.69) is 5.32 Å². The molecule has 0 aliphatic heterocycles. The standard InChI is InChI=1S/C10H24NO5PSi/c1-10(6-8-17(12)13)11-7-5-9-18(14-2,15-3)16-4/h10-11H,5-9H2,1-4H3. The van der Waals surface area contributed by atoms with Crippen molar-refractivity contribution in [3.05, 3.63) is 0 Å². The Hall–Kier alpha value is -0.0431. The van der Waals surface area contributed by atoms with Crippen LogP contribution in [0.25, 0.3) is 0 Å². The van der Waals surface area contributed by atoms with Crippen LogP contribution in [-0.4, -0.2) is 48.9 Å². The van der Waals surface area contributed by atoms with Crippen LogP contribution in [0, 0.1) is 0 Å². The Morgan fingerprint density at radius 3 is 2.17 bits per heavy atom. The molecule has 0 radical (unpaired) electrons. The molecule has 0 rings (SSSR count). The Balaban J connectivity index is 3.77. The van der Waals surface area contributed by atoms with Gasteiger partial charge in [-0.2, -0.15) is 0 Å². The van der Waals surface area contributed by atoms with Crippen LogP contribution in [-0.2, 0) is 22.4 Å². The van der Waals surface area contributed by atoms with Crippen LogP contribution >= 0.6 is 7.68 Å². The maximum Gasteiger partial charge on any atom is 0.500 e. The fourth-order valence-corrected chi connectivity index (χ4v) is 3.93. The smallest absolute Gasteiger partial charge is 0.377 e. The third-order valence-corrected chi connectivity index (χ3v) is 6.29. The molecular formula is C10H24NO5PSi. The topological polar surface area (TPSA) is 73.9 Å². The fraction of sp³-hybridized carbons (Fsp3) is 1.00. The maximum atomic E-state index is 10.4. The van der Waals surface area contributed by atoms with Crippen molar-refractivity contribution in [3.8, 4) is 0 Å². The van der Waals surface area contributed by atoms with E-state index in [0.29, 0.717) is 6.42 Å². The summed E-state index contributed by atoms with van der Waals surface area (Å²) >= 11 is 0. The van der Waals surface area contributed by atoms with Crippen molar-refractivity contribution < 1.29 is 22.4 Å². The lowest BCUT2D eigenvalue weighted by atomic mass is 10.2. The highest BCUT2D eigenvalue weighted by Crippen LogP contribution is 2.14. The van der Waals surface area contributed by atoms with E-state index in [1.807, 2.05) is 6.92 Å². The second-order valence-electron chi connectivity index (χ2n) is 4.10. The van der Waals surface area contributed by atoms with Crippen molar-refractivity contribution in [2.24, 2.45) is 0 Å². The van der Waals surface area contributed by atoms with Gasteiger partial charge in [-0.05, 0) is 26.3 Å². The summed E-state index contributed by atoms with van der Waals surface area (Å²) in [5.41, 5.74) is 0. The van der Waals surface area contributed by atoms with Crippen molar-refractivity contribution >= 4 is 16.5 Å². The molecule has 0 aromatic rings. The summed E-state index contributed by atoms with van der Waals surface area (Å²) in [6.07, 6.45) is 1.74. The molecule has 0 saturated heterocycles. The molecule has 1 unspecified atom stereocenters. The first-order valence-corrected chi connectivity index (χ1v) is 9.29. The molecule has 1 N–H and O–H groups in total. The molecule has 6 nitrogen and oxygen atoms in total. The first-order chi connectivity index (χ1) is 8.49. The minimum absolute atomic E-state index is 0.196. The first-order valence-electron chi connectivity index (χ1n) is 6.00. The van der Waals surface area contributed by atoms with E-state index in [-0.39, 0.29) is 12.2 Å². The van der Waals surface area contributed by atoms with Crippen molar-refractivity contribution in [2.45, 2.75) is 31.9 Å². The lowest BCUT2D eigenvalue weighted by Crippen LogP contribution is -2.43. The SMILES string of the molecule is CO[Si](CCCNC(C)CCP(=O)=O)(OC)OC. The second kappa shape index (κ2) is 9.83. The monoisotopic (exact) mass is 297 g/mol. The molecular weight excluding hydrogens is 273 g/mol. The van der Waals surface area contributed by atoms with E-state index in [1.165, 1.54) is 0 Å². The minimum atomic E-state index is -2.46. The van der Waals surface area contributed by atoms with Gasteiger partial charge in [-0.25, -0.2) is 9.13 Å². The quantitative estimate of drug-likeness (QED) is 0.356. The largest absolute Gasteiger partial charge is 0.500 e. The average Bonchev–Trinajstić information content (AvgIpc) is 2.37. The maximum absolute atomic E-state index is 10.4. The van der Waals surface area contributed by atoms with Crippen LogP contribution in [0.5, 0.6) is 0 Å². The van der Waals surface area contributed by atoms with E-state index >= 15 is 0 Å². The molecule has 0 saturated carbocycles. The van der Waals surface area contributed by atoms with E-state index in [9.17, 15) is 9.13 Å². The molecule has 0 fully saturated rings. The summed E-state index contributed by atoms with van der Waals surface area (Å²) in [6.45, 7) is 2.77. The van der Waals surface area contributed by atoms with Crippen molar-refractivity contribution in [1.29, 1.82) is 0 Å². The molecule has 0 aromatic heterocycles. The lowest BCUT2D eigenvalue weighted by molar-refractivity contribution is 0.123. The van der Waals surface area contributed by atoms with Gasteiger partial charge in [0.1, 0.15) is 0 Å². The Morgan fingerprint density at radius 2 is 1.72 bits per heavy atom. The van der Waals surface area contributed by atoms with Crippen molar-refractivity contribution in [2.75, 3.05) is 34.0 Å². The highest BCUT2D eigenvalue weighted by molar-refractivity contribution is 7.30. The third kappa shape index (κ3) is 7.40. The Labute approximate surface area is 111 Å². The first kappa shape index (κ1) is 18.0. The molecule has 108 valence electrons. The van der Waals surface area contributed by atoms with Gasteiger partial charge in [0.15, 0.2) is 0 Å². The van der Waals surface area contributed by atoms with Crippen LogP contribution in [0.15, 0.2) is 0 Å². The van der Waals surface area contributed by atoms with Crippen LogP contribution in [0.2, 0.25) is 6.04 Å². The van der Waals surface area contributed by atoms with E-state index < -0.39 is 16.5 Å². The van der Waals surface area contributed by atoms with Gasteiger partial charge in [-0.3, -0.25) is 0 Å². The molecule has 18 heavy (non-hydrogen) atoms. The van der Waals surface area contributed by atoms with Crippen LogP contribution in [0.3, 0.4) is 0 Å². The predicted octanol–water partition coefficient (Wildman–Crippen LogP) is 1.80. The predicted molar refractivity (Wildman–Crippen MR) is 71.4 cm³/mol. The molecule has 8 heteroatoms. The summed E-state index contributed by atoms with van der Waals surface area (Å²) in [7, 11) is 0.0581. The highest BCUT2D eigenvalue weighted by Gasteiger charge is 2.36. The Kier molecular flexibility index (Phi) is 9.81. The summed E-state index contributed by atoms with van der Waals surface area (Å²) < 4.78 is 36.8. The zero-order chi connectivity index (χ0) is 14.0. The summed E-state index contributed by atoms with van der Waals surface area (Å²) in [5.74, 6) is 0. The van der Waals surface area contributed by atoms with E-state index in [1.54, 1.807) is 21.3 Å². The highest BCUT2D eigenvalue weighted by atomic mass is 31.1. The third-order valence-electron chi connectivity index (χ3n) is 2.83. The van der Waals surface area contributed by atoms with Gasteiger partial charge in [0.25, 0.3) is 0 Å². The molecule has 0 amide bonds. The van der Waals surface area contributed by atoms with Gasteiger partial charge in [-0.15, -0.1) is 0 Å². The normalized spacial score (nSPS) is 13.6. The molecule has 0 heterocycles. The molecule has 1 atom stereocenters. The number of nitrogens with one attached hydrogen (secondary N) is 1. The molecule has 0 aliphatic rings. The Bertz CT molecular complexity index is 267. The summed E-state index contributed by atoms with van der Waals surface area (Å²) in [6, 6.07) is 0.938. The van der Waals surface area contributed by atoms with Crippen molar-refractivity contribution in [3.63, 3.8) is 0 Å². The minimum Gasteiger partial charge on any atom is -0.377 e. The van der Waals surface area contributed by atoms with Crippen LogP contribution in [0.1, 0.15) is 19.8 Å². The zero-order valence-electron chi connectivity index (χ0n) is 11.6. The molecule has 0 aliphatic carbocycles. The lowest BCUT2D eigenvalue weighted by Gasteiger charge is -2.24. The molecule has 0 spiro atoms. The second-order valence-corrected chi connectivity index (χ2v) is 8.30. The summed E-state index contributed by atoms with van der Waals surface area (Å²) in [5, 5.41) is 3.27. The van der Waals surface area contributed by atoms with Gasteiger partial charge < -0.3 is 18.6 Å². The van der Waals surface area contributed by atoms with Crippen LogP contribution in [0.4, 0.5) is 0 Å². The summed E-state index contributed by atoms with van der Waals surface area (Å²) in [4.78, 5) is 0. The van der Waals surface area contributed by atoms with E-state index in [4.69, 9.17) is 13.3 Å². The van der Waals surface area contributed by atoms with Crippen molar-refractivity contribution in [1.82, 2.24) is 5.32 Å². The van der Waals surface area contributed by atoms with Gasteiger partial charge in [-0.1, -0.05) is 0 Å². The Morgan fingerprint density at radius 1 is 1.17 bits per heavy atom. The average molecular weight is 297 g/mol. The van der Waals surface area contributed by atoms with Gasteiger partial charge in [0.05, 0.1) is 6.16 Å². The number of hydrogen-bond donors (Lipinski definition) is 1. The van der Waals surface area contributed by atoms with Crippen LogP contribution < -0.4 is 5.32 Å². The van der Waals surface area contributed by atoms with E-state index in [0.717, 1.165) is 19.0 Å². The van der Waals surface area contributed by atoms with Gasteiger partial charge >= 0.3 is 16.5 Å². The van der Waals surface area contributed by atoms with Gasteiger partial charge in [0, 0.05) is 33.4 Å². The number of hydrogen-bond acceptors (Lipinski definition) is 6. The molecule has 0 aromatic carbocycles. The molecule has 0 bridgehead atoms. The fourth-order valence-electron chi connectivity index (χ4n) is 1.61. The zero-order valence-corrected chi connectivity index (χ0v) is 13.5. The van der Waals surface area contributed by atoms with Gasteiger partial charge in [0.2, 0.25) is 0 Å².